The van der Waals surface area contributed by atoms with Crippen LogP contribution in [0, 0.1) is 6.92 Å². The Kier molecular flexibility index (Phi) is 2.63. The van der Waals surface area contributed by atoms with Crippen LogP contribution in [0.3, 0.4) is 0 Å². The largest absolute Gasteiger partial charge is 0.261 e. The van der Waals surface area contributed by atoms with E-state index in [0.29, 0.717) is 5.15 Å². The highest BCUT2D eigenvalue weighted by atomic mass is 35.5. The van der Waals surface area contributed by atoms with Crippen LogP contribution in [0.1, 0.15) is 5.56 Å². The van der Waals surface area contributed by atoms with Gasteiger partial charge in [-0.1, -0.05) is 11.6 Å². The van der Waals surface area contributed by atoms with Crippen LogP contribution in [0.5, 0.6) is 0 Å². The van der Waals surface area contributed by atoms with Crippen LogP contribution in [0.15, 0.2) is 6.20 Å². The Hall–Kier alpha value is -0.150. The van der Waals surface area contributed by atoms with Gasteiger partial charge < -0.3 is 0 Å². The van der Waals surface area contributed by atoms with Gasteiger partial charge in [0, 0.05) is 11.8 Å². The molecule has 2 nitrogen and oxygen atoms in total. The molecule has 0 unspecified atom stereocenters. The van der Waals surface area contributed by atoms with Crippen LogP contribution in [-0.2, 0) is 5.88 Å². The van der Waals surface area contributed by atoms with E-state index in [1.165, 1.54) is 0 Å². The highest BCUT2D eigenvalue weighted by Crippen LogP contribution is 2.12. The predicted octanol–water partition coefficient (Wildman–Crippen LogP) is 2.17. The van der Waals surface area contributed by atoms with Gasteiger partial charge in [0.25, 0.3) is 0 Å². The topological polar surface area (TPSA) is 17.8 Å². The first-order valence-corrected chi connectivity index (χ1v) is 4.69. The third-order valence-corrected chi connectivity index (χ3v) is 2.04. The molecule has 1 aromatic heterocycles. The van der Waals surface area contributed by atoms with Gasteiger partial charge in [0.2, 0.25) is 0 Å². The van der Waals surface area contributed by atoms with E-state index < -0.39 is 0 Å². The van der Waals surface area contributed by atoms with E-state index in [2.05, 4.69) is 5.10 Å². The molecule has 1 aromatic rings. The fraction of sp³-hybridized carbons (Fsp3) is 0.500. The van der Waals surface area contributed by atoms with Crippen molar-refractivity contribution in [2.75, 3.05) is 6.26 Å². The van der Waals surface area contributed by atoms with E-state index in [0.717, 1.165) is 11.4 Å². The molecule has 0 atom stereocenters. The zero-order chi connectivity index (χ0) is 7.56. The lowest BCUT2D eigenvalue weighted by Crippen LogP contribution is -1.92. The van der Waals surface area contributed by atoms with E-state index >= 15 is 0 Å². The zero-order valence-electron chi connectivity index (χ0n) is 5.97. The summed E-state index contributed by atoms with van der Waals surface area (Å²) in [6.45, 7) is 1.95. The molecule has 1 rings (SSSR count). The molecule has 0 aromatic carbocycles. The summed E-state index contributed by atoms with van der Waals surface area (Å²) in [5.74, 6) is 0.869. The minimum Gasteiger partial charge on any atom is -0.261 e. The van der Waals surface area contributed by atoms with Gasteiger partial charge in [-0.05, 0) is 13.2 Å². The molecule has 0 bridgehead atoms. The molecule has 4 heteroatoms. The number of hydrogen-bond donors (Lipinski definition) is 0. The number of thioether (sulfide) groups is 1. The van der Waals surface area contributed by atoms with Gasteiger partial charge >= 0.3 is 0 Å². The van der Waals surface area contributed by atoms with Crippen molar-refractivity contribution in [1.29, 1.82) is 0 Å². The van der Waals surface area contributed by atoms with Crippen LogP contribution in [0.25, 0.3) is 0 Å². The quantitative estimate of drug-likeness (QED) is 0.688. The van der Waals surface area contributed by atoms with Crippen molar-refractivity contribution < 1.29 is 0 Å². The van der Waals surface area contributed by atoms with Crippen LogP contribution in [0.4, 0.5) is 0 Å². The maximum absolute atomic E-state index is 5.72. The van der Waals surface area contributed by atoms with Crippen molar-refractivity contribution in [2.45, 2.75) is 12.8 Å². The molecule has 0 saturated heterocycles. The predicted molar refractivity (Wildman–Crippen MR) is 45.5 cm³/mol. The van der Waals surface area contributed by atoms with Crippen molar-refractivity contribution >= 4 is 23.4 Å². The summed E-state index contributed by atoms with van der Waals surface area (Å²) in [5, 5.41) is 4.67. The van der Waals surface area contributed by atoms with Crippen molar-refractivity contribution in [2.24, 2.45) is 0 Å². The third kappa shape index (κ3) is 1.67. The van der Waals surface area contributed by atoms with Crippen molar-refractivity contribution in [1.82, 2.24) is 9.78 Å². The molecule has 0 saturated carbocycles. The number of hydrogen-bond acceptors (Lipinski definition) is 2. The molecule has 0 aliphatic carbocycles. The normalized spacial score (nSPS) is 10.3. The van der Waals surface area contributed by atoms with E-state index in [4.69, 9.17) is 11.6 Å². The Morgan fingerprint density at radius 2 is 2.50 bits per heavy atom. The minimum absolute atomic E-state index is 0.606. The molecule has 0 aliphatic heterocycles. The lowest BCUT2D eigenvalue weighted by molar-refractivity contribution is 0.752. The highest BCUT2D eigenvalue weighted by molar-refractivity contribution is 7.97. The molecule has 56 valence electrons. The lowest BCUT2D eigenvalue weighted by Gasteiger charge is -1.93. The Morgan fingerprint density at radius 1 is 1.80 bits per heavy atom. The smallest absolute Gasteiger partial charge is 0.153 e. The van der Waals surface area contributed by atoms with Gasteiger partial charge in [-0.2, -0.15) is 5.10 Å². The summed E-state index contributed by atoms with van der Waals surface area (Å²) in [6, 6.07) is 0. The monoisotopic (exact) mass is 176 g/mol. The van der Waals surface area contributed by atoms with E-state index in [-0.39, 0.29) is 0 Å². The summed E-state index contributed by atoms with van der Waals surface area (Å²) in [7, 11) is 0. The number of halogens is 1. The Bertz CT molecular complexity index is 202. The van der Waals surface area contributed by atoms with Gasteiger partial charge in [-0.25, -0.2) is 0 Å². The zero-order valence-corrected chi connectivity index (χ0v) is 7.54. The van der Waals surface area contributed by atoms with Gasteiger partial charge in [-0.3, -0.25) is 4.68 Å². The van der Waals surface area contributed by atoms with Gasteiger partial charge in [0.15, 0.2) is 5.15 Å². The fourth-order valence-electron chi connectivity index (χ4n) is 0.696. The van der Waals surface area contributed by atoms with Crippen molar-refractivity contribution in [3.05, 3.63) is 16.9 Å². The van der Waals surface area contributed by atoms with Crippen LogP contribution >= 0.6 is 23.4 Å². The Balaban J connectivity index is 2.77. The molecule has 0 aliphatic rings. The fourth-order valence-corrected chi connectivity index (χ4v) is 1.24. The van der Waals surface area contributed by atoms with Gasteiger partial charge in [-0.15, -0.1) is 11.8 Å². The lowest BCUT2D eigenvalue weighted by atomic mass is 10.4. The third-order valence-electron chi connectivity index (χ3n) is 1.15. The molecule has 0 spiro atoms. The average molecular weight is 177 g/mol. The first-order valence-electron chi connectivity index (χ1n) is 2.92. The number of nitrogens with zero attached hydrogens (tertiary/aromatic N) is 2. The number of aromatic nitrogens is 2. The molecule has 1 heterocycles. The van der Waals surface area contributed by atoms with Gasteiger partial charge in [0.05, 0.1) is 5.88 Å². The first-order chi connectivity index (χ1) is 4.74. The maximum Gasteiger partial charge on any atom is 0.153 e. The van der Waals surface area contributed by atoms with Crippen molar-refractivity contribution in [3.8, 4) is 0 Å². The summed E-state index contributed by atoms with van der Waals surface area (Å²) in [6.07, 6.45) is 3.98. The highest BCUT2D eigenvalue weighted by Gasteiger charge is 1.99. The Morgan fingerprint density at radius 3 is 2.90 bits per heavy atom. The second-order valence-corrected chi connectivity index (χ2v) is 3.25. The molecule has 0 fully saturated rings. The second-order valence-electron chi connectivity index (χ2n) is 2.06. The molecular weight excluding hydrogens is 168 g/mol. The van der Waals surface area contributed by atoms with E-state index in [9.17, 15) is 0 Å². The Labute approximate surface area is 69.6 Å². The number of aryl methyl sites for hydroxylation is 1. The second kappa shape index (κ2) is 3.30. The molecule has 0 radical (unpaired) electrons. The van der Waals surface area contributed by atoms with Gasteiger partial charge in [0.1, 0.15) is 0 Å². The SMILES string of the molecule is CSCn1cc(C)c(Cl)n1. The summed E-state index contributed by atoms with van der Waals surface area (Å²) < 4.78 is 1.84. The summed E-state index contributed by atoms with van der Waals surface area (Å²) in [4.78, 5) is 0. The van der Waals surface area contributed by atoms with Crippen LogP contribution in [-0.4, -0.2) is 16.0 Å². The van der Waals surface area contributed by atoms with Crippen LogP contribution < -0.4 is 0 Å². The van der Waals surface area contributed by atoms with E-state index in [1.54, 1.807) is 11.8 Å². The van der Waals surface area contributed by atoms with Crippen molar-refractivity contribution in [3.63, 3.8) is 0 Å². The summed E-state index contributed by atoms with van der Waals surface area (Å²) >= 11 is 7.44. The standard InChI is InChI=1S/C6H9ClN2S/c1-5-3-9(4-10-2)8-6(5)7/h3H,4H2,1-2H3. The maximum atomic E-state index is 5.72. The minimum atomic E-state index is 0.606. The summed E-state index contributed by atoms with van der Waals surface area (Å²) in [5.41, 5.74) is 1.04. The molecular formula is C6H9ClN2S. The molecule has 0 amide bonds. The average Bonchev–Trinajstić information content (AvgIpc) is 2.14. The van der Waals surface area contributed by atoms with E-state index in [1.807, 2.05) is 24.1 Å². The molecule has 0 N–H and O–H groups in total. The number of rotatable bonds is 2. The first kappa shape index (κ1) is 7.95. The van der Waals surface area contributed by atoms with Crippen LogP contribution in [0.2, 0.25) is 5.15 Å². The molecule has 10 heavy (non-hydrogen) atoms.